The normalized spacial score (nSPS) is 14.1. The van der Waals surface area contributed by atoms with Gasteiger partial charge in [-0.1, -0.05) is 0 Å². The second kappa shape index (κ2) is 10.9. The van der Waals surface area contributed by atoms with E-state index in [1.807, 2.05) is 0 Å². The second-order valence-corrected chi connectivity index (χ2v) is 20.3. The maximum atomic E-state index is 7.27. The third-order valence-corrected chi connectivity index (χ3v) is 19.1. The van der Waals surface area contributed by atoms with Crippen molar-refractivity contribution in [1.82, 2.24) is 0 Å². The Hall–Kier alpha value is -0.441. The van der Waals surface area contributed by atoms with Crippen LogP contribution < -0.4 is 0 Å². The van der Waals surface area contributed by atoms with Crippen LogP contribution in [-0.4, -0.2) is 18.8 Å². The number of hydrogen-bond acceptors (Lipinski definition) is 1. The van der Waals surface area contributed by atoms with Gasteiger partial charge in [-0.25, -0.2) is 0 Å². The van der Waals surface area contributed by atoms with Crippen LogP contribution in [0.3, 0.4) is 0 Å². The van der Waals surface area contributed by atoms with Gasteiger partial charge in [0.2, 0.25) is 0 Å². The molecule has 2 rings (SSSR count). The summed E-state index contributed by atoms with van der Waals surface area (Å²) in [6.45, 7) is 13.9. The molecule has 1 aromatic carbocycles. The number of rotatable bonds is 11. The van der Waals surface area contributed by atoms with Gasteiger partial charge in [0.15, 0.2) is 0 Å². The molecule has 1 aromatic rings. The molecule has 0 radical (unpaired) electrons. The molecule has 0 aromatic heterocycles. The minimum atomic E-state index is -2.64. The van der Waals surface area contributed by atoms with Gasteiger partial charge in [-0.2, -0.15) is 0 Å². The predicted octanol–water partition coefficient (Wildman–Crippen LogP) is 8.26. The molecule has 27 heavy (non-hydrogen) atoms. The molecule has 0 unspecified atom stereocenters. The molecule has 0 aliphatic heterocycles. The number of aryl methyl sites for hydroxylation is 2. The molecule has 2 heteroatoms. The van der Waals surface area contributed by atoms with E-state index in [0.717, 1.165) is 6.42 Å². The quantitative estimate of drug-likeness (QED) is 0.292. The average Bonchev–Trinajstić information content (AvgIpc) is 2.67. The van der Waals surface area contributed by atoms with Crippen LogP contribution in [-0.2, 0) is 9.49 Å². The number of hydrogen-bond donors (Lipinski definition) is 0. The Bertz CT molecular complexity index is 622. The molecule has 0 bridgehead atoms. The molecule has 152 valence electrons. The molecule has 0 N–H and O–H groups in total. The van der Waals surface area contributed by atoms with Crippen LogP contribution in [0.4, 0.5) is 0 Å². The molecule has 0 heterocycles. The molecule has 1 aliphatic rings. The SMILES string of the molecule is CCC[CH2][Sn]([CH2]CCC)([CH2]CCC)[O]C1=CCCc2c(C)cc(C)c(C)c21. The van der Waals surface area contributed by atoms with E-state index >= 15 is 0 Å². The van der Waals surface area contributed by atoms with Crippen LogP contribution in [0.15, 0.2) is 12.1 Å². The van der Waals surface area contributed by atoms with Gasteiger partial charge in [-0.05, 0) is 0 Å². The first-order chi connectivity index (χ1) is 13.0. The first-order valence-electron chi connectivity index (χ1n) is 11.5. The number of fused-ring (bicyclic) bond motifs is 1. The van der Waals surface area contributed by atoms with E-state index in [-0.39, 0.29) is 0 Å². The Morgan fingerprint density at radius 3 is 1.93 bits per heavy atom. The van der Waals surface area contributed by atoms with E-state index in [0.29, 0.717) is 0 Å². The van der Waals surface area contributed by atoms with Crippen molar-refractivity contribution in [3.63, 3.8) is 0 Å². The zero-order valence-corrected chi connectivity index (χ0v) is 21.7. The van der Waals surface area contributed by atoms with E-state index in [2.05, 4.69) is 53.7 Å². The summed E-state index contributed by atoms with van der Waals surface area (Å²) in [5, 5.41) is 0. The average molecular weight is 477 g/mol. The first kappa shape index (κ1) is 22.8. The van der Waals surface area contributed by atoms with Crippen molar-refractivity contribution in [3.05, 3.63) is 40.0 Å². The van der Waals surface area contributed by atoms with E-state index < -0.39 is 18.8 Å². The summed E-state index contributed by atoms with van der Waals surface area (Å²) in [4.78, 5) is 0. The zero-order valence-electron chi connectivity index (χ0n) is 18.8. The van der Waals surface area contributed by atoms with Gasteiger partial charge in [0.1, 0.15) is 0 Å². The van der Waals surface area contributed by atoms with E-state index in [1.54, 1.807) is 5.56 Å². The standard InChI is InChI=1S/C13H16O.3C4H9.Sn/c1-8-7-9(2)11-5-4-6-12(14)13(11)10(8)3;3*1-3-4-2;/h6-7,14H,4-5H2,1-3H3;3*1,3-4H2,2H3;/q;;;;+1/p-1. The summed E-state index contributed by atoms with van der Waals surface area (Å²) in [5.74, 6) is 1.28. The van der Waals surface area contributed by atoms with Gasteiger partial charge >= 0.3 is 174 Å². The van der Waals surface area contributed by atoms with Crippen LogP contribution >= 0.6 is 0 Å². The van der Waals surface area contributed by atoms with Gasteiger partial charge < -0.3 is 0 Å². The van der Waals surface area contributed by atoms with Crippen molar-refractivity contribution in [3.8, 4) is 0 Å². The molecule has 0 saturated heterocycles. The molecular formula is C25H42OSn. The third-order valence-electron chi connectivity index (χ3n) is 6.43. The Kier molecular flexibility index (Phi) is 9.25. The molecule has 0 spiro atoms. The van der Waals surface area contributed by atoms with Crippen molar-refractivity contribution in [2.24, 2.45) is 0 Å². The number of benzene rings is 1. The summed E-state index contributed by atoms with van der Waals surface area (Å²) in [7, 11) is 0. The summed E-state index contributed by atoms with van der Waals surface area (Å²) in [6, 6.07) is 2.37. The molecule has 0 fully saturated rings. The number of allylic oxidation sites excluding steroid dienone is 1. The molecule has 0 amide bonds. The molecule has 0 atom stereocenters. The Labute approximate surface area is 173 Å². The van der Waals surface area contributed by atoms with Crippen LogP contribution in [0.2, 0.25) is 13.3 Å². The van der Waals surface area contributed by atoms with Crippen LogP contribution in [0.25, 0.3) is 5.76 Å². The second-order valence-electron chi connectivity index (χ2n) is 8.69. The molecule has 0 saturated carbocycles. The Balaban J connectivity index is 2.40. The fraction of sp³-hybridized carbons (Fsp3) is 0.680. The van der Waals surface area contributed by atoms with Crippen molar-refractivity contribution in [2.45, 2.75) is 106 Å². The molecule has 1 nitrogen and oxygen atoms in total. The molecule has 1 aliphatic carbocycles. The zero-order chi connectivity index (χ0) is 19.9. The van der Waals surface area contributed by atoms with Gasteiger partial charge in [0.25, 0.3) is 0 Å². The van der Waals surface area contributed by atoms with Crippen LogP contribution in [0.5, 0.6) is 0 Å². The van der Waals surface area contributed by atoms with Crippen molar-refractivity contribution >= 4 is 24.6 Å². The fourth-order valence-corrected chi connectivity index (χ4v) is 18.0. The summed E-state index contributed by atoms with van der Waals surface area (Å²) < 4.78 is 11.5. The van der Waals surface area contributed by atoms with E-state index in [9.17, 15) is 0 Å². The van der Waals surface area contributed by atoms with Crippen LogP contribution in [0, 0.1) is 20.8 Å². The van der Waals surface area contributed by atoms with Gasteiger partial charge in [-0.15, -0.1) is 0 Å². The first-order valence-corrected chi connectivity index (χ1v) is 18.7. The van der Waals surface area contributed by atoms with Crippen molar-refractivity contribution in [2.75, 3.05) is 0 Å². The van der Waals surface area contributed by atoms with Crippen molar-refractivity contribution < 1.29 is 3.07 Å². The molecular weight excluding hydrogens is 435 g/mol. The summed E-state index contributed by atoms with van der Waals surface area (Å²) in [5.41, 5.74) is 7.34. The minimum absolute atomic E-state index is 1.14. The monoisotopic (exact) mass is 478 g/mol. The van der Waals surface area contributed by atoms with Crippen molar-refractivity contribution in [1.29, 1.82) is 0 Å². The van der Waals surface area contributed by atoms with E-state index in [1.165, 1.54) is 86.3 Å². The third kappa shape index (κ3) is 5.78. The van der Waals surface area contributed by atoms with Crippen LogP contribution in [0.1, 0.15) is 93.5 Å². The van der Waals surface area contributed by atoms with Gasteiger partial charge in [0.05, 0.1) is 0 Å². The summed E-state index contributed by atoms with van der Waals surface area (Å²) >= 11 is -2.64. The van der Waals surface area contributed by atoms with E-state index in [4.69, 9.17) is 3.07 Å². The predicted molar refractivity (Wildman–Crippen MR) is 123 cm³/mol. The van der Waals surface area contributed by atoms with Gasteiger partial charge in [0, 0.05) is 0 Å². The maximum absolute atomic E-state index is 7.27. The Morgan fingerprint density at radius 2 is 1.41 bits per heavy atom. The summed E-state index contributed by atoms with van der Waals surface area (Å²) in [6.07, 6.45) is 12.7. The fourth-order valence-electron chi connectivity index (χ4n) is 4.60. The van der Waals surface area contributed by atoms with Gasteiger partial charge in [-0.3, -0.25) is 0 Å². The topological polar surface area (TPSA) is 9.23 Å². The number of unbranched alkanes of at least 4 members (excludes halogenated alkanes) is 3. The Morgan fingerprint density at radius 1 is 0.852 bits per heavy atom.